The maximum atomic E-state index is 13.0. The van der Waals surface area contributed by atoms with Gasteiger partial charge < -0.3 is 20.9 Å². The molecular weight excluding hydrogens is 351 g/mol. The van der Waals surface area contributed by atoms with Gasteiger partial charge in [-0.05, 0) is 44.5 Å². The van der Waals surface area contributed by atoms with Crippen molar-refractivity contribution in [2.24, 2.45) is 0 Å². The first-order valence-electron chi connectivity index (χ1n) is 9.22. The van der Waals surface area contributed by atoms with E-state index in [-0.39, 0.29) is 35.6 Å². The molecule has 0 aliphatic carbocycles. The molecule has 0 unspecified atom stereocenters. The van der Waals surface area contributed by atoms with Gasteiger partial charge in [0.05, 0.1) is 6.04 Å². The molecule has 2 aliphatic heterocycles. The van der Waals surface area contributed by atoms with Gasteiger partial charge >= 0.3 is 0 Å². The van der Waals surface area contributed by atoms with E-state index in [1.807, 2.05) is 0 Å². The second kappa shape index (κ2) is 8.04. The van der Waals surface area contributed by atoms with Crippen molar-refractivity contribution in [1.29, 1.82) is 0 Å². The van der Waals surface area contributed by atoms with E-state index in [0.29, 0.717) is 25.8 Å². The third-order valence-electron chi connectivity index (χ3n) is 5.33. The Morgan fingerprint density at radius 2 is 2.04 bits per heavy atom. The summed E-state index contributed by atoms with van der Waals surface area (Å²) in [6.07, 6.45) is 1.35. The van der Waals surface area contributed by atoms with Crippen LogP contribution in [-0.4, -0.2) is 60.4 Å². The number of carbonyl (C=O) groups excluding carboxylic acids is 3. The first-order valence-corrected chi connectivity index (χ1v) is 9.22. The molecule has 3 amide bonds. The van der Waals surface area contributed by atoms with Crippen molar-refractivity contribution in [2.75, 3.05) is 13.6 Å². The van der Waals surface area contributed by atoms with Gasteiger partial charge in [0.15, 0.2) is 0 Å². The summed E-state index contributed by atoms with van der Waals surface area (Å²) in [5.74, 6) is -0.790. The normalized spacial score (nSPS) is 26.2. The number of piperazine rings is 1. The van der Waals surface area contributed by atoms with Crippen molar-refractivity contribution in [3.63, 3.8) is 0 Å². The monoisotopic (exact) mass is 376 g/mol. The minimum Gasteiger partial charge on any atom is -0.352 e. The van der Waals surface area contributed by atoms with Gasteiger partial charge in [-0.3, -0.25) is 14.4 Å². The summed E-state index contributed by atoms with van der Waals surface area (Å²) >= 11 is 0. The summed E-state index contributed by atoms with van der Waals surface area (Å²) in [6.45, 7) is 2.19. The average molecular weight is 376 g/mol. The van der Waals surface area contributed by atoms with Gasteiger partial charge in [0.25, 0.3) is 0 Å². The largest absolute Gasteiger partial charge is 0.352 e. The highest BCUT2D eigenvalue weighted by Gasteiger charge is 2.44. The lowest BCUT2D eigenvalue weighted by atomic mass is 9.91. The molecule has 3 N–H and O–H groups in total. The Bertz CT molecular complexity index is 724. The van der Waals surface area contributed by atoms with Crippen LogP contribution in [0.4, 0.5) is 4.39 Å². The summed E-state index contributed by atoms with van der Waals surface area (Å²) in [5, 5.41) is 8.61. The van der Waals surface area contributed by atoms with Crippen molar-refractivity contribution in [3.8, 4) is 0 Å². The highest BCUT2D eigenvalue weighted by molar-refractivity contribution is 5.97. The number of nitrogens with zero attached hydrogens (tertiary/aromatic N) is 1. The lowest BCUT2D eigenvalue weighted by Crippen LogP contribution is -2.67. The first-order chi connectivity index (χ1) is 12.9. The first kappa shape index (κ1) is 19.3. The zero-order chi connectivity index (χ0) is 19.6. The van der Waals surface area contributed by atoms with Crippen LogP contribution >= 0.6 is 0 Å². The molecule has 4 atom stereocenters. The van der Waals surface area contributed by atoms with Gasteiger partial charge in [-0.1, -0.05) is 12.1 Å². The van der Waals surface area contributed by atoms with Crippen LogP contribution in [0.15, 0.2) is 24.3 Å². The van der Waals surface area contributed by atoms with Gasteiger partial charge in [-0.25, -0.2) is 4.39 Å². The van der Waals surface area contributed by atoms with Crippen molar-refractivity contribution >= 4 is 17.7 Å². The van der Waals surface area contributed by atoms with Crippen molar-refractivity contribution < 1.29 is 18.8 Å². The minimum atomic E-state index is -0.644. The summed E-state index contributed by atoms with van der Waals surface area (Å²) in [7, 11) is 1.71. The number of halogens is 1. The molecule has 0 saturated carbocycles. The van der Waals surface area contributed by atoms with Crippen LogP contribution in [0, 0.1) is 5.82 Å². The van der Waals surface area contributed by atoms with Crippen LogP contribution in [0.25, 0.3) is 0 Å². The molecular formula is C19H25FN4O3. The number of hydrogen-bond donors (Lipinski definition) is 3. The molecule has 2 fully saturated rings. The maximum absolute atomic E-state index is 13.0. The molecule has 2 heterocycles. The number of carbonyl (C=O) groups is 3. The Kier molecular flexibility index (Phi) is 5.74. The van der Waals surface area contributed by atoms with E-state index in [2.05, 4.69) is 16.0 Å². The van der Waals surface area contributed by atoms with Gasteiger partial charge in [0.1, 0.15) is 17.9 Å². The highest BCUT2D eigenvalue weighted by Crippen LogP contribution is 2.23. The summed E-state index contributed by atoms with van der Waals surface area (Å²) in [6, 6.07) is 4.26. The smallest absolute Gasteiger partial charge is 0.246 e. The molecule has 7 nitrogen and oxygen atoms in total. The molecule has 0 bridgehead atoms. The van der Waals surface area contributed by atoms with Crippen molar-refractivity contribution in [2.45, 2.75) is 50.4 Å². The van der Waals surface area contributed by atoms with Crippen LogP contribution in [0.3, 0.4) is 0 Å². The minimum absolute atomic E-state index is 0.118. The number of nitrogens with one attached hydrogen (secondary N) is 3. The van der Waals surface area contributed by atoms with Crippen LogP contribution < -0.4 is 16.0 Å². The summed E-state index contributed by atoms with van der Waals surface area (Å²) < 4.78 is 13.0. The SMILES string of the molecule is CN[C@@H](C)C(=O)N[C@H]1CCN2C(=O)[C@H](Cc3ccc(F)cc3)NC(=O)[C@@H]2C1. The number of benzene rings is 1. The summed E-state index contributed by atoms with van der Waals surface area (Å²) in [4.78, 5) is 39.0. The average Bonchev–Trinajstić information content (AvgIpc) is 2.66. The van der Waals surface area contributed by atoms with E-state index < -0.39 is 12.1 Å². The lowest BCUT2D eigenvalue weighted by Gasteiger charge is -2.44. The predicted octanol–water partition coefficient (Wildman–Crippen LogP) is -0.0497. The van der Waals surface area contributed by atoms with Gasteiger partial charge in [0, 0.05) is 19.0 Å². The molecule has 146 valence electrons. The Morgan fingerprint density at radius 3 is 2.70 bits per heavy atom. The molecule has 1 aromatic rings. The summed E-state index contributed by atoms with van der Waals surface area (Å²) in [5.41, 5.74) is 0.789. The highest BCUT2D eigenvalue weighted by atomic mass is 19.1. The zero-order valence-electron chi connectivity index (χ0n) is 15.5. The quantitative estimate of drug-likeness (QED) is 0.672. The van der Waals surface area contributed by atoms with E-state index in [1.165, 1.54) is 12.1 Å². The number of fused-ring (bicyclic) bond motifs is 1. The number of amides is 3. The standard InChI is InChI=1S/C19H25FN4O3/c1-11(21-2)17(25)22-14-7-8-24-16(10-14)18(26)23-15(19(24)27)9-12-3-5-13(20)6-4-12/h3-6,11,14-16,21H,7-10H2,1-2H3,(H,22,25)(H,23,26)/t11-,14-,15-,16-/m0/s1. The molecule has 2 saturated heterocycles. The Balaban J connectivity index is 1.63. The topological polar surface area (TPSA) is 90.5 Å². The second-order valence-electron chi connectivity index (χ2n) is 7.18. The number of piperidine rings is 1. The number of hydrogen-bond acceptors (Lipinski definition) is 4. The van der Waals surface area contributed by atoms with Gasteiger partial charge in [0.2, 0.25) is 17.7 Å². The molecule has 3 rings (SSSR count). The van der Waals surface area contributed by atoms with E-state index in [9.17, 15) is 18.8 Å². The Labute approximate surface area is 157 Å². The Morgan fingerprint density at radius 1 is 1.33 bits per heavy atom. The molecule has 8 heteroatoms. The third-order valence-corrected chi connectivity index (χ3v) is 5.33. The maximum Gasteiger partial charge on any atom is 0.246 e. The van der Waals surface area contributed by atoms with Crippen LogP contribution in [0.2, 0.25) is 0 Å². The second-order valence-corrected chi connectivity index (χ2v) is 7.18. The molecule has 0 aromatic heterocycles. The fraction of sp³-hybridized carbons (Fsp3) is 0.526. The van der Waals surface area contributed by atoms with E-state index >= 15 is 0 Å². The molecule has 2 aliphatic rings. The third kappa shape index (κ3) is 4.27. The molecule has 27 heavy (non-hydrogen) atoms. The fourth-order valence-electron chi connectivity index (χ4n) is 3.59. The van der Waals surface area contributed by atoms with E-state index in [1.54, 1.807) is 31.0 Å². The fourth-order valence-corrected chi connectivity index (χ4v) is 3.59. The van der Waals surface area contributed by atoms with Gasteiger partial charge in [-0.2, -0.15) is 0 Å². The molecule has 0 spiro atoms. The van der Waals surface area contributed by atoms with E-state index in [4.69, 9.17) is 0 Å². The molecule has 0 radical (unpaired) electrons. The number of rotatable bonds is 5. The van der Waals surface area contributed by atoms with Crippen molar-refractivity contribution in [1.82, 2.24) is 20.9 Å². The van der Waals surface area contributed by atoms with Crippen molar-refractivity contribution in [3.05, 3.63) is 35.6 Å². The van der Waals surface area contributed by atoms with Crippen LogP contribution in [0.5, 0.6) is 0 Å². The molecule has 1 aromatic carbocycles. The lowest BCUT2D eigenvalue weighted by molar-refractivity contribution is -0.151. The number of likely N-dealkylation sites (N-methyl/N-ethyl adjacent to an activating group) is 1. The predicted molar refractivity (Wildman–Crippen MR) is 97.2 cm³/mol. The Hall–Kier alpha value is -2.48. The van der Waals surface area contributed by atoms with Crippen LogP contribution in [0.1, 0.15) is 25.3 Å². The van der Waals surface area contributed by atoms with Gasteiger partial charge in [-0.15, -0.1) is 0 Å². The zero-order valence-corrected chi connectivity index (χ0v) is 15.5. The van der Waals surface area contributed by atoms with Crippen LogP contribution in [-0.2, 0) is 20.8 Å². The van der Waals surface area contributed by atoms with E-state index in [0.717, 1.165) is 5.56 Å².